The number of benzene rings is 1. The summed E-state index contributed by atoms with van der Waals surface area (Å²) in [5, 5.41) is 10.4. The fourth-order valence-corrected chi connectivity index (χ4v) is 3.13. The SMILES string of the molecule is O=C(c1cc(Cl)ccc1O)c1cc2n(c1-c1ccc[nH]1)CC=C2. The molecule has 23 heavy (non-hydrogen) atoms. The molecule has 0 aliphatic carbocycles. The topological polar surface area (TPSA) is 58.0 Å². The minimum absolute atomic E-state index is 0.0706. The molecule has 0 radical (unpaired) electrons. The van der Waals surface area contributed by atoms with Crippen LogP contribution in [0.15, 0.2) is 48.7 Å². The number of phenols is 1. The lowest BCUT2D eigenvalue weighted by atomic mass is 10.0. The number of ketones is 1. The molecule has 1 aliphatic rings. The summed E-state index contributed by atoms with van der Waals surface area (Å²) in [6.07, 6.45) is 5.86. The normalized spacial score (nSPS) is 12.6. The molecule has 0 bridgehead atoms. The molecule has 4 rings (SSSR count). The van der Waals surface area contributed by atoms with Gasteiger partial charge in [0, 0.05) is 23.5 Å². The molecular weight excluding hydrogens is 312 g/mol. The van der Waals surface area contributed by atoms with Crippen LogP contribution in [-0.4, -0.2) is 20.4 Å². The van der Waals surface area contributed by atoms with Crippen LogP contribution in [0.5, 0.6) is 5.75 Å². The second-order valence-electron chi connectivity index (χ2n) is 5.42. The lowest BCUT2D eigenvalue weighted by Gasteiger charge is -2.09. The number of phenolic OH excluding ortho intramolecular Hbond substituents is 1. The Balaban J connectivity index is 1.91. The molecule has 0 saturated heterocycles. The molecule has 4 nitrogen and oxygen atoms in total. The second kappa shape index (κ2) is 5.18. The van der Waals surface area contributed by atoms with Crippen LogP contribution < -0.4 is 0 Å². The van der Waals surface area contributed by atoms with Crippen molar-refractivity contribution in [1.82, 2.24) is 9.55 Å². The Kier molecular flexibility index (Phi) is 3.13. The Bertz CT molecular complexity index is 936. The third-order valence-electron chi connectivity index (χ3n) is 4.01. The molecule has 3 aromatic rings. The summed E-state index contributed by atoms with van der Waals surface area (Å²) in [6, 6.07) is 10.2. The fourth-order valence-electron chi connectivity index (χ4n) is 2.96. The van der Waals surface area contributed by atoms with E-state index in [1.165, 1.54) is 12.1 Å². The summed E-state index contributed by atoms with van der Waals surface area (Å²) >= 11 is 5.98. The maximum atomic E-state index is 13.0. The number of aromatic amines is 1. The molecule has 1 aromatic carbocycles. The number of allylic oxidation sites excluding steroid dienone is 1. The number of nitrogens with one attached hydrogen (secondary N) is 1. The van der Waals surface area contributed by atoms with Crippen molar-refractivity contribution >= 4 is 23.5 Å². The van der Waals surface area contributed by atoms with Crippen molar-refractivity contribution in [3.63, 3.8) is 0 Å². The highest BCUT2D eigenvalue weighted by Gasteiger charge is 2.25. The zero-order valence-corrected chi connectivity index (χ0v) is 12.8. The number of hydrogen-bond acceptors (Lipinski definition) is 2. The maximum absolute atomic E-state index is 13.0. The summed E-state index contributed by atoms with van der Waals surface area (Å²) < 4.78 is 2.07. The van der Waals surface area contributed by atoms with Gasteiger partial charge in [-0.3, -0.25) is 4.79 Å². The Morgan fingerprint density at radius 3 is 2.87 bits per heavy atom. The summed E-state index contributed by atoms with van der Waals surface area (Å²) in [5.41, 5.74) is 3.41. The fraction of sp³-hybridized carbons (Fsp3) is 0.0556. The Hall–Kier alpha value is -2.72. The molecule has 2 aromatic heterocycles. The Labute approximate surface area is 137 Å². The zero-order valence-electron chi connectivity index (χ0n) is 12.1. The van der Waals surface area contributed by atoms with E-state index in [1.54, 1.807) is 6.07 Å². The van der Waals surface area contributed by atoms with Gasteiger partial charge in [0.15, 0.2) is 5.78 Å². The third-order valence-corrected chi connectivity index (χ3v) is 4.24. The van der Waals surface area contributed by atoms with Crippen LogP contribution in [0.4, 0.5) is 0 Å². The number of carbonyl (C=O) groups is 1. The smallest absolute Gasteiger partial charge is 0.199 e. The first kappa shape index (κ1) is 13.9. The Morgan fingerprint density at radius 1 is 1.22 bits per heavy atom. The van der Waals surface area contributed by atoms with E-state index in [0.717, 1.165) is 23.6 Å². The van der Waals surface area contributed by atoms with Gasteiger partial charge >= 0.3 is 0 Å². The zero-order chi connectivity index (χ0) is 16.0. The van der Waals surface area contributed by atoms with Gasteiger partial charge in [0.05, 0.1) is 22.5 Å². The molecule has 0 amide bonds. The van der Waals surface area contributed by atoms with E-state index in [2.05, 4.69) is 9.55 Å². The van der Waals surface area contributed by atoms with Crippen molar-refractivity contribution in [1.29, 1.82) is 0 Å². The van der Waals surface area contributed by atoms with Gasteiger partial charge < -0.3 is 14.7 Å². The quantitative estimate of drug-likeness (QED) is 0.713. The first-order chi connectivity index (χ1) is 11.1. The van der Waals surface area contributed by atoms with E-state index in [0.29, 0.717) is 10.6 Å². The first-order valence-corrected chi connectivity index (χ1v) is 7.60. The van der Waals surface area contributed by atoms with E-state index < -0.39 is 0 Å². The van der Waals surface area contributed by atoms with Gasteiger partial charge in [-0.05, 0) is 42.5 Å². The van der Waals surface area contributed by atoms with Gasteiger partial charge in [-0.25, -0.2) is 0 Å². The molecular formula is C18H13ClN2O2. The molecule has 0 fully saturated rings. The standard InChI is InChI=1S/C18H13ClN2O2/c19-11-5-6-16(22)13(9-11)18(23)14-10-12-3-2-8-21(12)17(14)15-4-1-7-20-15/h1-7,9-10,20,22H,8H2. The molecule has 0 atom stereocenters. The van der Waals surface area contributed by atoms with E-state index in [-0.39, 0.29) is 17.1 Å². The second-order valence-corrected chi connectivity index (χ2v) is 5.86. The summed E-state index contributed by atoms with van der Waals surface area (Å²) in [6.45, 7) is 0.721. The number of rotatable bonds is 3. The van der Waals surface area contributed by atoms with Crippen molar-refractivity contribution in [2.24, 2.45) is 0 Å². The van der Waals surface area contributed by atoms with Gasteiger partial charge in [0.25, 0.3) is 0 Å². The number of nitrogens with zero attached hydrogens (tertiary/aromatic N) is 1. The molecule has 5 heteroatoms. The number of carbonyl (C=O) groups excluding carboxylic acids is 1. The minimum atomic E-state index is -0.245. The van der Waals surface area contributed by atoms with Crippen LogP contribution in [0.1, 0.15) is 21.6 Å². The van der Waals surface area contributed by atoms with Crippen molar-refractivity contribution in [2.45, 2.75) is 6.54 Å². The largest absolute Gasteiger partial charge is 0.507 e. The molecule has 1 aliphatic heterocycles. The van der Waals surface area contributed by atoms with Crippen LogP contribution >= 0.6 is 11.6 Å². The monoisotopic (exact) mass is 324 g/mol. The Morgan fingerprint density at radius 2 is 2.09 bits per heavy atom. The number of halogens is 1. The molecule has 3 heterocycles. The highest BCUT2D eigenvalue weighted by Crippen LogP contribution is 2.33. The van der Waals surface area contributed by atoms with Crippen LogP contribution in [0.2, 0.25) is 5.02 Å². The van der Waals surface area contributed by atoms with Crippen LogP contribution in [-0.2, 0) is 6.54 Å². The van der Waals surface area contributed by atoms with Gasteiger partial charge in [-0.1, -0.05) is 17.7 Å². The third kappa shape index (κ3) is 2.19. The highest BCUT2D eigenvalue weighted by atomic mass is 35.5. The van der Waals surface area contributed by atoms with E-state index >= 15 is 0 Å². The summed E-state index contributed by atoms with van der Waals surface area (Å²) in [4.78, 5) is 16.1. The van der Waals surface area contributed by atoms with E-state index in [9.17, 15) is 9.90 Å². The number of aromatic nitrogens is 2. The van der Waals surface area contributed by atoms with Crippen molar-refractivity contribution in [2.75, 3.05) is 0 Å². The van der Waals surface area contributed by atoms with Crippen molar-refractivity contribution < 1.29 is 9.90 Å². The van der Waals surface area contributed by atoms with Gasteiger partial charge in [-0.2, -0.15) is 0 Å². The predicted octanol–water partition coefficient (Wildman–Crippen LogP) is 4.10. The van der Waals surface area contributed by atoms with E-state index in [4.69, 9.17) is 11.6 Å². The molecule has 2 N–H and O–H groups in total. The van der Waals surface area contributed by atoms with Gasteiger partial charge in [0.1, 0.15) is 5.75 Å². The molecule has 0 unspecified atom stereocenters. The highest BCUT2D eigenvalue weighted by molar-refractivity contribution is 6.31. The molecule has 114 valence electrons. The summed E-state index contributed by atoms with van der Waals surface area (Å²) in [7, 11) is 0. The van der Waals surface area contributed by atoms with Crippen LogP contribution in [0.3, 0.4) is 0 Å². The lowest BCUT2D eigenvalue weighted by Crippen LogP contribution is -2.05. The van der Waals surface area contributed by atoms with Gasteiger partial charge in [0.2, 0.25) is 0 Å². The number of hydrogen-bond donors (Lipinski definition) is 2. The molecule has 0 saturated carbocycles. The number of fused-ring (bicyclic) bond motifs is 1. The maximum Gasteiger partial charge on any atom is 0.199 e. The first-order valence-electron chi connectivity index (χ1n) is 7.22. The summed E-state index contributed by atoms with van der Waals surface area (Å²) in [5.74, 6) is -0.316. The van der Waals surface area contributed by atoms with Crippen molar-refractivity contribution in [3.05, 3.63) is 70.5 Å². The average Bonchev–Trinajstić information content (AvgIpc) is 3.24. The predicted molar refractivity (Wildman–Crippen MR) is 89.8 cm³/mol. The average molecular weight is 325 g/mol. The van der Waals surface area contributed by atoms with Gasteiger partial charge in [-0.15, -0.1) is 0 Å². The van der Waals surface area contributed by atoms with Crippen LogP contribution in [0.25, 0.3) is 17.5 Å². The van der Waals surface area contributed by atoms with E-state index in [1.807, 2.05) is 36.5 Å². The minimum Gasteiger partial charge on any atom is -0.507 e. The lowest BCUT2D eigenvalue weighted by molar-refractivity contribution is 0.103. The molecule has 0 spiro atoms. The number of aromatic hydroxyl groups is 1. The van der Waals surface area contributed by atoms with Crippen LogP contribution in [0, 0.1) is 0 Å². The van der Waals surface area contributed by atoms with Crippen molar-refractivity contribution in [3.8, 4) is 17.1 Å². The number of H-pyrrole nitrogens is 1.